The van der Waals surface area contributed by atoms with Gasteiger partial charge in [-0.15, -0.1) is 0 Å². The highest BCUT2D eigenvalue weighted by Crippen LogP contribution is 2.55. The number of hydrogen-bond donors (Lipinski definition) is 1. The molecule has 3 aliphatic rings. The Morgan fingerprint density at radius 1 is 1.26 bits per heavy atom. The first kappa shape index (κ1) is 10.8. The van der Waals surface area contributed by atoms with Crippen molar-refractivity contribution < 1.29 is 0 Å². The third-order valence-electron chi connectivity index (χ3n) is 4.22. The number of nitrogens with zero attached hydrogens (tertiary/aromatic N) is 1. The zero-order valence-electron chi connectivity index (χ0n) is 10.9. The summed E-state index contributed by atoms with van der Waals surface area (Å²) >= 11 is 0. The Balaban J connectivity index is 1.64. The van der Waals surface area contributed by atoms with E-state index < -0.39 is 0 Å². The average Bonchev–Trinajstić information content (AvgIpc) is 3.03. The van der Waals surface area contributed by atoms with E-state index in [2.05, 4.69) is 66.0 Å². The normalized spacial score (nSPS) is 31.0. The number of nitrogens with one attached hydrogen (secondary N) is 1. The Labute approximate surface area is 113 Å². The Hall–Kier alpha value is -2.09. The molecule has 0 saturated heterocycles. The maximum absolute atomic E-state index is 4.52. The van der Waals surface area contributed by atoms with Crippen LogP contribution in [-0.4, -0.2) is 11.3 Å². The Morgan fingerprint density at radius 3 is 2.95 bits per heavy atom. The van der Waals surface area contributed by atoms with Crippen LogP contribution in [0.15, 0.2) is 64.8 Å². The van der Waals surface area contributed by atoms with Crippen LogP contribution < -0.4 is 5.43 Å². The van der Waals surface area contributed by atoms with Crippen molar-refractivity contribution in [3.63, 3.8) is 0 Å². The summed E-state index contributed by atoms with van der Waals surface area (Å²) in [6.45, 7) is 2.17. The van der Waals surface area contributed by atoms with E-state index >= 15 is 0 Å². The van der Waals surface area contributed by atoms with Crippen LogP contribution >= 0.6 is 0 Å². The van der Waals surface area contributed by atoms with Crippen LogP contribution in [0.1, 0.15) is 18.9 Å². The predicted molar refractivity (Wildman–Crippen MR) is 78.7 cm³/mol. The summed E-state index contributed by atoms with van der Waals surface area (Å²) in [6, 6.07) is 10.4. The van der Waals surface area contributed by atoms with E-state index in [-0.39, 0.29) is 5.54 Å². The van der Waals surface area contributed by atoms with E-state index in [1.807, 2.05) is 6.07 Å². The van der Waals surface area contributed by atoms with Crippen LogP contribution in [-0.2, 0) is 0 Å². The van der Waals surface area contributed by atoms with Crippen molar-refractivity contribution in [2.45, 2.75) is 18.9 Å². The molecule has 2 atom stereocenters. The van der Waals surface area contributed by atoms with Gasteiger partial charge in [-0.3, -0.25) is 5.43 Å². The third-order valence-corrected chi connectivity index (χ3v) is 4.22. The van der Waals surface area contributed by atoms with E-state index in [9.17, 15) is 0 Å². The molecular formula is C17H16N2. The molecule has 4 rings (SSSR count). The SMILES string of the molecule is CC1=CC2CC23NN=C(/C=C/c2ccccc2)C3=C1. The van der Waals surface area contributed by atoms with Crippen molar-refractivity contribution in [3.8, 4) is 0 Å². The summed E-state index contributed by atoms with van der Waals surface area (Å²) in [5.74, 6) is 0.638. The zero-order chi connectivity index (χ0) is 12.9. The van der Waals surface area contributed by atoms with Gasteiger partial charge in [-0.2, -0.15) is 5.10 Å². The van der Waals surface area contributed by atoms with Crippen LogP contribution in [0, 0.1) is 5.92 Å². The highest BCUT2D eigenvalue weighted by atomic mass is 15.4. The molecule has 94 valence electrons. The summed E-state index contributed by atoms with van der Waals surface area (Å²) < 4.78 is 0. The van der Waals surface area contributed by atoms with E-state index in [1.165, 1.54) is 23.1 Å². The fraction of sp³-hybridized carbons (Fsp3) is 0.235. The van der Waals surface area contributed by atoms with Gasteiger partial charge in [0.15, 0.2) is 0 Å². The van der Waals surface area contributed by atoms with Gasteiger partial charge in [0.1, 0.15) is 0 Å². The maximum Gasteiger partial charge on any atom is 0.0889 e. The molecular weight excluding hydrogens is 232 g/mol. The summed E-state index contributed by atoms with van der Waals surface area (Å²) in [4.78, 5) is 0. The smallest absolute Gasteiger partial charge is 0.0889 e. The van der Waals surface area contributed by atoms with Crippen LogP contribution in [0.3, 0.4) is 0 Å². The lowest BCUT2D eigenvalue weighted by atomic mass is 9.92. The fourth-order valence-electron chi connectivity index (χ4n) is 3.10. The molecule has 19 heavy (non-hydrogen) atoms. The van der Waals surface area contributed by atoms with Crippen molar-refractivity contribution in [3.05, 3.63) is 65.3 Å². The quantitative estimate of drug-likeness (QED) is 0.853. The van der Waals surface area contributed by atoms with Crippen LogP contribution in [0.5, 0.6) is 0 Å². The zero-order valence-corrected chi connectivity index (χ0v) is 10.9. The van der Waals surface area contributed by atoms with Gasteiger partial charge in [-0.05, 0) is 25.0 Å². The molecule has 1 aliphatic heterocycles. The summed E-state index contributed by atoms with van der Waals surface area (Å²) in [7, 11) is 0. The molecule has 1 saturated carbocycles. The van der Waals surface area contributed by atoms with Gasteiger partial charge in [0.25, 0.3) is 0 Å². The first-order valence-electron chi connectivity index (χ1n) is 6.77. The predicted octanol–water partition coefficient (Wildman–Crippen LogP) is 3.30. The molecule has 1 fully saturated rings. The molecule has 1 aromatic rings. The molecule has 2 aliphatic carbocycles. The maximum atomic E-state index is 4.52. The molecule has 2 unspecified atom stereocenters. The van der Waals surface area contributed by atoms with Gasteiger partial charge < -0.3 is 0 Å². The second kappa shape index (κ2) is 3.70. The minimum absolute atomic E-state index is 0.135. The number of hydrazone groups is 1. The van der Waals surface area contributed by atoms with E-state index in [0.29, 0.717) is 5.92 Å². The largest absolute Gasteiger partial charge is 0.298 e. The first-order valence-corrected chi connectivity index (χ1v) is 6.77. The van der Waals surface area contributed by atoms with Crippen LogP contribution in [0.4, 0.5) is 0 Å². The molecule has 2 nitrogen and oxygen atoms in total. The molecule has 1 N–H and O–H groups in total. The minimum Gasteiger partial charge on any atom is -0.298 e. The van der Waals surface area contributed by atoms with Gasteiger partial charge in [0, 0.05) is 11.5 Å². The fourth-order valence-corrected chi connectivity index (χ4v) is 3.10. The second-order valence-corrected chi connectivity index (χ2v) is 5.60. The lowest BCUT2D eigenvalue weighted by Crippen LogP contribution is -2.28. The van der Waals surface area contributed by atoms with Crippen molar-refractivity contribution in [1.29, 1.82) is 0 Å². The molecule has 1 aromatic carbocycles. The standard InChI is InChI=1S/C17H16N2/c1-12-9-14-11-17(14)15(10-12)16(18-19-17)8-7-13-5-3-2-4-6-13/h2-10,14,19H,11H2,1H3/b8-7+. The van der Waals surface area contributed by atoms with Crippen molar-refractivity contribution in [2.24, 2.45) is 11.0 Å². The number of hydrogen-bond acceptors (Lipinski definition) is 2. The monoisotopic (exact) mass is 248 g/mol. The number of benzene rings is 1. The molecule has 2 heteroatoms. The van der Waals surface area contributed by atoms with Gasteiger partial charge in [-0.1, -0.05) is 54.1 Å². The second-order valence-electron chi connectivity index (χ2n) is 5.60. The highest BCUT2D eigenvalue weighted by molar-refractivity contribution is 6.14. The molecule has 0 bridgehead atoms. The van der Waals surface area contributed by atoms with Crippen molar-refractivity contribution >= 4 is 11.8 Å². The van der Waals surface area contributed by atoms with Crippen molar-refractivity contribution in [2.75, 3.05) is 0 Å². The average molecular weight is 248 g/mol. The van der Waals surface area contributed by atoms with Crippen molar-refractivity contribution in [1.82, 2.24) is 5.43 Å². The summed E-state index contributed by atoms with van der Waals surface area (Å²) in [6.07, 6.45) is 10.1. The Kier molecular flexibility index (Phi) is 2.10. The van der Waals surface area contributed by atoms with Crippen LogP contribution in [0.2, 0.25) is 0 Å². The lowest BCUT2D eigenvalue weighted by Gasteiger charge is -2.15. The van der Waals surface area contributed by atoms with Gasteiger partial charge in [-0.25, -0.2) is 0 Å². The van der Waals surface area contributed by atoms with Gasteiger partial charge in [0.05, 0.1) is 11.3 Å². The highest BCUT2D eigenvalue weighted by Gasteiger charge is 2.60. The molecule has 0 amide bonds. The number of allylic oxidation sites excluding steroid dienone is 3. The number of rotatable bonds is 2. The van der Waals surface area contributed by atoms with E-state index in [0.717, 1.165) is 5.71 Å². The third kappa shape index (κ3) is 1.60. The Morgan fingerprint density at radius 2 is 2.11 bits per heavy atom. The summed E-state index contributed by atoms with van der Waals surface area (Å²) in [5, 5.41) is 4.52. The summed E-state index contributed by atoms with van der Waals surface area (Å²) in [5.41, 5.74) is 8.49. The topological polar surface area (TPSA) is 24.4 Å². The van der Waals surface area contributed by atoms with Gasteiger partial charge >= 0.3 is 0 Å². The molecule has 0 radical (unpaired) electrons. The van der Waals surface area contributed by atoms with Crippen LogP contribution in [0.25, 0.3) is 6.08 Å². The molecule has 1 spiro atoms. The first-order chi connectivity index (χ1) is 9.28. The van der Waals surface area contributed by atoms with Gasteiger partial charge in [0.2, 0.25) is 0 Å². The minimum atomic E-state index is 0.135. The molecule has 0 aromatic heterocycles. The Bertz CT molecular complexity index is 649. The lowest BCUT2D eigenvalue weighted by molar-refractivity contribution is 0.604. The molecule has 1 heterocycles. The van der Waals surface area contributed by atoms with E-state index in [1.54, 1.807) is 0 Å². The van der Waals surface area contributed by atoms with E-state index in [4.69, 9.17) is 0 Å².